The molecule has 0 spiro atoms. The molecular weight excluding hydrogens is 352 g/mol. The molecule has 0 saturated heterocycles. The van der Waals surface area contributed by atoms with Crippen LogP contribution in [0.4, 0.5) is 0 Å². The number of hydrogen-bond donors (Lipinski definition) is 1. The van der Waals surface area contributed by atoms with Crippen LogP contribution in [0.5, 0.6) is 0 Å². The average Bonchev–Trinajstić information content (AvgIpc) is 2.85. The van der Waals surface area contributed by atoms with Crippen LogP contribution in [0, 0.1) is 18.3 Å². The summed E-state index contributed by atoms with van der Waals surface area (Å²) in [5.74, 6) is 0.536. The molecule has 1 amide bonds. The van der Waals surface area contributed by atoms with Crippen LogP contribution >= 0.6 is 0 Å². The number of aromatic nitrogens is 3. The van der Waals surface area contributed by atoms with E-state index < -0.39 is 0 Å². The molecule has 2 aromatic rings. The normalized spacial score (nSPS) is 15.6. The van der Waals surface area contributed by atoms with Gasteiger partial charge >= 0.3 is 0 Å². The molecule has 150 valence electrons. The first-order valence-corrected chi connectivity index (χ1v) is 9.93. The molecule has 1 N–H and O–H groups in total. The summed E-state index contributed by atoms with van der Waals surface area (Å²) in [6, 6.07) is 1.78. The number of amides is 1. The highest BCUT2D eigenvalue weighted by molar-refractivity contribution is 6.01. The van der Waals surface area contributed by atoms with Gasteiger partial charge in [0.05, 0.1) is 18.7 Å². The summed E-state index contributed by atoms with van der Waals surface area (Å²) in [6.07, 6.45) is 4.73. The fourth-order valence-electron chi connectivity index (χ4n) is 4.07. The van der Waals surface area contributed by atoms with Gasteiger partial charge in [0.2, 0.25) is 5.91 Å². The highest BCUT2D eigenvalue weighted by Crippen LogP contribution is 2.39. The highest BCUT2D eigenvalue weighted by atomic mass is 16.1. The Kier molecular flexibility index (Phi) is 5.68. The minimum absolute atomic E-state index is 0.0455. The number of nitrogens with one attached hydrogen (secondary N) is 1. The van der Waals surface area contributed by atoms with E-state index in [0.717, 1.165) is 41.2 Å². The quantitative estimate of drug-likeness (QED) is 0.832. The van der Waals surface area contributed by atoms with E-state index in [1.54, 1.807) is 12.3 Å². The minimum Gasteiger partial charge on any atom is -0.350 e. The van der Waals surface area contributed by atoms with Crippen molar-refractivity contribution in [1.82, 2.24) is 19.9 Å². The second-order valence-corrected chi connectivity index (χ2v) is 8.99. The van der Waals surface area contributed by atoms with Crippen LogP contribution in [0.1, 0.15) is 67.1 Å². The summed E-state index contributed by atoms with van der Waals surface area (Å²) < 4.78 is 2.27. The molecule has 3 rings (SSSR count). The van der Waals surface area contributed by atoms with Crippen LogP contribution in [-0.2, 0) is 30.7 Å². The smallest absolute Gasteiger partial charge is 0.224 e. The molecule has 0 atom stereocenters. The van der Waals surface area contributed by atoms with Gasteiger partial charge in [-0.05, 0) is 36.3 Å². The van der Waals surface area contributed by atoms with Crippen LogP contribution < -0.4 is 5.32 Å². The van der Waals surface area contributed by atoms with Gasteiger partial charge in [-0.1, -0.05) is 27.7 Å². The lowest BCUT2D eigenvalue weighted by Crippen LogP contribution is -2.29. The van der Waals surface area contributed by atoms with Crippen molar-refractivity contribution in [2.75, 3.05) is 0 Å². The number of ketones is 1. The Morgan fingerprint density at radius 3 is 2.71 bits per heavy atom. The fourth-order valence-corrected chi connectivity index (χ4v) is 4.07. The number of Topliss-reactive ketones (excluding diaryl/α,β-unsaturated/α-hetero) is 1. The number of fused-ring (bicyclic) bond motifs is 1. The van der Waals surface area contributed by atoms with Crippen molar-refractivity contribution in [3.05, 3.63) is 46.8 Å². The summed E-state index contributed by atoms with van der Waals surface area (Å²) in [5.41, 5.74) is 4.53. The third-order valence-electron chi connectivity index (χ3n) is 5.32. The predicted octanol–water partition coefficient (Wildman–Crippen LogP) is 3.26. The summed E-state index contributed by atoms with van der Waals surface area (Å²) in [7, 11) is 0. The molecule has 2 aromatic heterocycles. The third kappa shape index (κ3) is 4.32. The highest BCUT2D eigenvalue weighted by Gasteiger charge is 2.37. The van der Waals surface area contributed by atoms with E-state index in [2.05, 4.69) is 47.5 Å². The zero-order valence-electron chi connectivity index (χ0n) is 17.5. The minimum atomic E-state index is -0.0937. The molecule has 0 bridgehead atoms. The molecule has 1 aliphatic carbocycles. The maximum absolute atomic E-state index is 13.0. The van der Waals surface area contributed by atoms with Gasteiger partial charge in [-0.3, -0.25) is 9.59 Å². The second kappa shape index (κ2) is 7.86. The van der Waals surface area contributed by atoms with Gasteiger partial charge in [-0.15, -0.1) is 0 Å². The topological polar surface area (TPSA) is 76.9 Å². The van der Waals surface area contributed by atoms with E-state index in [4.69, 9.17) is 0 Å². The molecule has 0 radical (unpaired) electrons. The summed E-state index contributed by atoms with van der Waals surface area (Å²) in [6.45, 7) is 11.9. The second-order valence-electron chi connectivity index (χ2n) is 8.99. The molecule has 1 aliphatic rings. The van der Waals surface area contributed by atoms with Crippen LogP contribution in [0.15, 0.2) is 18.6 Å². The molecule has 28 heavy (non-hydrogen) atoms. The molecule has 2 heterocycles. The maximum Gasteiger partial charge on any atom is 0.224 e. The van der Waals surface area contributed by atoms with E-state index in [1.807, 2.05) is 6.92 Å². The molecule has 0 unspecified atom stereocenters. The largest absolute Gasteiger partial charge is 0.350 e. The van der Waals surface area contributed by atoms with Gasteiger partial charge in [-0.2, -0.15) is 0 Å². The molecule has 6 nitrogen and oxygen atoms in total. The van der Waals surface area contributed by atoms with Crippen LogP contribution in [0.25, 0.3) is 0 Å². The number of carbonyl (C=O) groups is 2. The lowest BCUT2D eigenvalue weighted by molar-refractivity contribution is -0.120. The van der Waals surface area contributed by atoms with E-state index in [9.17, 15) is 9.59 Å². The Balaban J connectivity index is 1.87. The predicted molar refractivity (Wildman–Crippen MR) is 108 cm³/mol. The van der Waals surface area contributed by atoms with E-state index in [0.29, 0.717) is 18.9 Å². The fraction of sp³-hybridized carbons (Fsp3) is 0.545. The van der Waals surface area contributed by atoms with Crippen molar-refractivity contribution in [3.63, 3.8) is 0 Å². The molecule has 0 saturated carbocycles. The first kappa shape index (κ1) is 20.2. The standard InChI is InChI=1S/C22H30N4O2/c1-14(2)12-26-15(3)17(21-18(26)9-22(4,5)10-19(21)27)8-20(28)24-11-16-6-7-23-13-25-16/h6-7,13-14H,8-12H2,1-5H3,(H,24,28). The van der Waals surface area contributed by atoms with E-state index >= 15 is 0 Å². The first-order valence-electron chi connectivity index (χ1n) is 9.93. The van der Waals surface area contributed by atoms with Gasteiger partial charge in [0.1, 0.15) is 6.33 Å². The first-order chi connectivity index (χ1) is 13.2. The molecule has 0 aromatic carbocycles. The van der Waals surface area contributed by atoms with Crippen LogP contribution in [0.2, 0.25) is 0 Å². The van der Waals surface area contributed by atoms with E-state index in [1.165, 1.54) is 6.33 Å². The number of rotatable bonds is 6. The molecule has 0 fully saturated rings. The lowest BCUT2D eigenvalue weighted by atomic mass is 9.75. The van der Waals surface area contributed by atoms with Gasteiger partial charge in [-0.25, -0.2) is 9.97 Å². The maximum atomic E-state index is 13.0. The van der Waals surface area contributed by atoms with Crippen molar-refractivity contribution in [3.8, 4) is 0 Å². The van der Waals surface area contributed by atoms with Crippen molar-refractivity contribution in [1.29, 1.82) is 0 Å². The number of carbonyl (C=O) groups excluding carboxylic acids is 2. The summed E-state index contributed by atoms with van der Waals surface area (Å²) >= 11 is 0. The van der Waals surface area contributed by atoms with Crippen molar-refractivity contribution < 1.29 is 9.59 Å². The SMILES string of the molecule is Cc1c(CC(=O)NCc2ccncn2)c2c(n1CC(C)C)CC(C)(C)CC2=O. The van der Waals surface area contributed by atoms with Gasteiger partial charge in [0, 0.05) is 36.1 Å². The van der Waals surface area contributed by atoms with Crippen LogP contribution in [0.3, 0.4) is 0 Å². The van der Waals surface area contributed by atoms with Crippen LogP contribution in [-0.4, -0.2) is 26.2 Å². The number of nitrogens with zero attached hydrogens (tertiary/aromatic N) is 3. The molecular formula is C22H30N4O2. The van der Waals surface area contributed by atoms with Gasteiger partial charge < -0.3 is 9.88 Å². The summed E-state index contributed by atoms with van der Waals surface area (Å²) in [5, 5.41) is 2.91. The molecule has 0 aliphatic heterocycles. The Bertz CT molecular complexity index is 882. The van der Waals surface area contributed by atoms with E-state index in [-0.39, 0.29) is 23.5 Å². The Morgan fingerprint density at radius 1 is 1.32 bits per heavy atom. The van der Waals surface area contributed by atoms with Crippen molar-refractivity contribution >= 4 is 11.7 Å². The van der Waals surface area contributed by atoms with Gasteiger partial charge in [0.15, 0.2) is 5.78 Å². The van der Waals surface area contributed by atoms with Crippen molar-refractivity contribution in [2.24, 2.45) is 11.3 Å². The monoisotopic (exact) mass is 382 g/mol. The Morgan fingerprint density at radius 2 is 2.07 bits per heavy atom. The Labute approximate surface area is 166 Å². The Hall–Kier alpha value is -2.50. The third-order valence-corrected chi connectivity index (χ3v) is 5.32. The number of hydrogen-bond acceptors (Lipinski definition) is 4. The molecule has 6 heteroatoms. The zero-order valence-corrected chi connectivity index (χ0v) is 17.5. The lowest BCUT2D eigenvalue weighted by Gasteiger charge is -2.30. The van der Waals surface area contributed by atoms with Crippen molar-refractivity contribution in [2.45, 2.75) is 67.0 Å². The summed E-state index contributed by atoms with van der Waals surface area (Å²) in [4.78, 5) is 33.6. The zero-order chi connectivity index (χ0) is 20.5. The van der Waals surface area contributed by atoms with Gasteiger partial charge in [0.25, 0.3) is 0 Å². The average molecular weight is 383 g/mol.